The topological polar surface area (TPSA) is 37.2 Å². The first-order valence-corrected chi connectivity index (χ1v) is 9.51. The highest BCUT2D eigenvalue weighted by Gasteiger charge is 2.10. The predicted octanol–water partition coefficient (Wildman–Crippen LogP) is 6.07. The van der Waals surface area contributed by atoms with Crippen molar-refractivity contribution in [1.82, 2.24) is 4.90 Å². The van der Waals surface area contributed by atoms with Gasteiger partial charge in [-0.25, -0.2) is 4.99 Å². The maximum Gasteiger partial charge on any atom is 0.149 e. The third-order valence-electron chi connectivity index (χ3n) is 4.51. The minimum Gasteiger partial charge on any atom is -0.388 e. The lowest BCUT2D eigenvalue weighted by Crippen LogP contribution is -2.14. The van der Waals surface area contributed by atoms with E-state index in [2.05, 4.69) is 43.1 Å². The van der Waals surface area contributed by atoms with Gasteiger partial charge >= 0.3 is 0 Å². The molecule has 0 fully saturated rings. The zero-order chi connectivity index (χ0) is 20.0. The number of nitrogens with zero attached hydrogens (tertiary/aromatic N) is 3. The van der Waals surface area contributed by atoms with Crippen molar-refractivity contribution < 1.29 is 4.84 Å². The van der Waals surface area contributed by atoms with Crippen LogP contribution in [0.25, 0.3) is 0 Å². The fraction of sp³-hybridized carbons (Fsp3) is 0.364. The van der Waals surface area contributed by atoms with Gasteiger partial charge in [-0.1, -0.05) is 28.9 Å². The van der Waals surface area contributed by atoms with E-state index in [9.17, 15) is 0 Å². The predicted molar refractivity (Wildman–Crippen MR) is 116 cm³/mol. The number of hydrogen-bond donors (Lipinski definition) is 0. The Kier molecular flexibility index (Phi) is 7.43. The van der Waals surface area contributed by atoms with Crippen LogP contribution in [0.4, 0.5) is 5.69 Å². The molecule has 0 aromatic heterocycles. The molecule has 0 aliphatic heterocycles. The monoisotopic (exact) mass is 385 g/mol. The number of halogens is 1. The highest BCUT2D eigenvalue weighted by atomic mass is 35.5. The van der Waals surface area contributed by atoms with Crippen molar-refractivity contribution in [2.45, 2.75) is 40.7 Å². The van der Waals surface area contributed by atoms with Gasteiger partial charge in [0.1, 0.15) is 6.10 Å². The van der Waals surface area contributed by atoms with Crippen LogP contribution in [0.3, 0.4) is 0 Å². The number of aryl methyl sites for hydroxylation is 2. The average Bonchev–Trinajstić information content (AvgIpc) is 2.66. The number of aliphatic imine (C=N–C) groups is 1. The summed E-state index contributed by atoms with van der Waals surface area (Å²) in [5, 5.41) is 5.06. The van der Waals surface area contributed by atoms with E-state index in [1.807, 2.05) is 56.4 Å². The van der Waals surface area contributed by atoms with Crippen LogP contribution in [0.15, 0.2) is 46.5 Å². The van der Waals surface area contributed by atoms with Gasteiger partial charge in [-0.3, -0.25) is 0 Å². The van der Waals surface area contributed by atoms with E-state index in [-0.39, 0.29) is 6.10 Å². The van der Waals surface area contributed by atoms with Crippen LogP contribution in [0.1, 0.15) is 49.1 Å². The van der Waals surface area contributed by atoms with Gasteiger partial charge in [0.15, 0.2) is 0 Å². The molecule has 2 rings (SSSR count). The Morgan fingerprint density at radius 2 is 1.85 bits per heavy atom. The van der Waals surface area contributed by atoms with E-state index in [4.69, 9.17) is 16.4 Å². The van der Waals surface area contributed by atoms with E-state index in [0.29, 0.717) is 5.02 Å². The normalized spacial score (nSPS) is 13.1. The van der Waals surface area contributed by atoms with E-state index in [0.717, 1.165) is 40.2 Å². The van der Waals surface area contributed by atoms with E-state index >= 15 is 0 Å². The molecule has 0 amide bonds. The molecule has 0 N–H and O–H groups in total. The number of hydrogen-bond acceptors (Lipinski definition) is 3. The van der Waals surface area contributed by atoms with Crippen LogP contribution in [-0.4, -0.2) is 30.5 Å². The van der Waals surface area contributed by atoms with Gasteiger partial charge in [-0.2, -0.15) is 0 Å². The SMILES string of the molecule is CCN(C)C=Nc1cc(C)c(C(C)=NOC(C)c2ccc(Cl)cc2)cc1C. The number of benzene rings is 2. The van der Waals surface area contributed by atoms with Gasteiger partial charge in [0.25, 0.3) is 0 Å². The van der Waals surface area contributed by atoms with Crippen molar-refractivity contribution in [3.63, 3.8) is 0 Å². The fourth-order valence-electron chi connectivity index (χ4n) is 2.57. The molecular formula is C22H28ClN3O. The van der Waals surface area contributed by atoms with Gasteiger partial charge in [0.2, 0.25) is 0 Å². The van der Waals surface area contributed by atoms with Crippen LogP contribution in [-0.2, 0) is 4.84 Å². The summed E-state index contributed by atoms with van der Waals surface area (Å²) >= 11 is 5.94. The first-order valence-electron chi connectivity index (χ1n) is 9.13. The van der Waals surface area contributed by atoms with Crippen LogP contribution in [0.2, 0.25) is 5.02 Å². The molecule has 0 aliphatic rings. The van der Waals surface area contributed by atoms with E-state index in [1.54, 1.807) is 0 Å². The summed E-state index contributed by atoms with van der Waals surface area (Å²) in [4.78, 5) is 12.3. The fourth-order valence-corrected chi connectivity index (χ4v) is 2.70. The quantitative estimate of drug-likeness (QED) is 0.329. The third kappa shape index (κ3) is 5.83. The van der Waals surface area contributed by atoms with Crippen molar-refractivity contribution in [2.24, 2.45) is 10.1 Å². The average molecular weight is 386 g/mol. The molecular weight excluding hydrogens is 358 g/mol. The molecule has 5 heteroatoms. The third-order valence-corrected chi connectivity index (χ3v) is 4.76. The molecule has 0 saturated carbocycles. The lowest BCUT2D eigenvalue weighted by molar-refractivity contribution is 0.0723. The molecule has 0 aliphatic carbocycles. The summed E-state index contributed by atoms with van der Waals surface area (Å²) in [7, 11) is 2.01. The summed E-state index contributed by atoms with van der Waals surface area (Å²) in [5.74, 6) is 0. The summed E-state index contributed by atoms with van der Waals surface area (Å²) in [6, 6.07) is 11.8. The Balaban J connectivity index is 2.16. The molecule has 4 nitrogen and oxygen atoms in total. The first kappa shape index (κ1) is 21.0. The molecule has 0 spiro atoms. The lowest BCUT2D eigenvalue weighted by Gasteiger charge is -2.13. The minimum atomic E-state index is -0.146. The molecule has 0 radical (unpaired) electrons. The van der Waals surface area contributed by atoms with Crippen molar-refractivity contribution in [3.8, 4) is 0 Å². The van der Waals surface area contributed by atoms with Gasteiger partial charge in [0, 0.05) is 24.2 Å². The number of oxime groups is 1. The molecule has 0 bridgehead atoms. The van der Waals surface area contributed by atoms with E-state index in [1.165, 1.54) is 0 Å². The van der Waals surface area contributed by atoms with Gasteiger partial charge < -0.3 is 9.74 Å². The summed E-state index contributed by atoms with van der Waals surface area (Å²) in [6.45, 7) is 11.1. The zero-order valence-electron chi connectivity index (χ0n) is 17.0. The molecule has 0 heterocycles. The Labute approximate surface area is 167 Å². The van der Waals surface area contributed by atoms with E-state index < -0.39 is 0 Å². The number of rotatable bonds is 7. The second kappa shape index (κ2) is 9.56. The summed E-state index contributed by atoms with van der Waals surface area (Å²) in [5.41, 5.74) is 6.15. The van der Waals surface area contributed by atoms with Crippen LogP contribution in [0.5, 0.6) is 0 Å². The molecule has 2 aromatic carbocycles. The van der Waals surface area contributed by atoms with Crippen LogP contribution in [0, 0.1) is 13.8 Å². The highest BCUT2D eigenvalue weighted by Crippen LogP contribution is 2.25. The molecule has 1 unspecified atom stereocenters. The first-order chi connectivity index (χ1) is 12.8. The lowest BCUT2D eigenvalue weighted by atomic mass is 10.0. The standard InChI is InChI=1S/C22H28ClN3O/c1-7-26(6)14-24-22-13-15(2)21(12-16(22)3)17(4)25-27-18(5)19-8-10-20(23)11-9-19/h8-14,18H,7H2,1-6H3. The van der Waals surface area contributed by atoms with Crippen molar-refractivity contribution >= 4 is 29.3 Å². The Morgan fingerprint density at radius 3 is 2.48 bits per heavy atom. The highest BCUT2D eigenvalue weighted by molar-refractivity contribution is 6.30. The smallest absolute Gasteiger partial charge is 0.149 e. The zero-order valence-corrected chi connectivity index (χ0v) is 17.7. The molecule has 1 atom stereocenters. The molecule has 0 saturated heterocycles. The van der Waals surface area contributed by atoms with Crippen molar-refractivity contribution in [2.75, 3.05) is 13.6 Å². The van der Waals surface area contributed by atoms with Crippen LogP contribution >= 0.6 is 11.6 Å². The Morgan fingerprint density at radius 1 is 1.19 bits per heavy atom. The molecule has 27 heavy (non-hydrogen) atoms. The molecule has 2 aromatic rings. The van der Waals surface area contributed by atoms with Gasteiger partial charge in [0.05, 0.1) is 17.7 Å². The van der Waals surface area contributed by atoms with Gasteiger partial charge in [-0.15, -0.1) is 0 Å². The largest absolute Gasteiger partial charge is 0.388 e. The van der Waals surface area contributed by atoms with Crippen LogP contribution < -0.4 is 0 Å². The minimum absolute atomic E-state index is 0.146. The Hall–Kier alpha value is -2.33. The maximum absolute atomic E-state index is 5.94. The van der Waals surface area contributed by atoms with Crippen molar-refractivity contribution in [1.29, 1.82) is 0 Å². The molecule has 144 valence electrons. The summed E-state index contributed by atoms with van der Waals surface area (Å²) in [6.07, 6.45) is 1.71. The second-order valence-electron chi connectivity index (χ2n) is 6.75. The maximum atomic E-state index is 5.94. The Bertz CT molecular complexity index is 828. The van der Waals surface area contributed by atoms with Gasteiger partial charge in [-0.05, 0) is 75.6 Å². The summed E-state index contributed by atoms with van der Waals surface area (Å²) < 4.78 is 0. The second-order valence-corrected chi connectivity index (χ2v) is 7.18. The van der Waals surface area contributed by atoms with Crippen molar-refractivity contribution in [3.05, 3.63) is 63.7 Å².